The fraction of sp³-hybridized carbons (Fsp3) is 0.231. The first kappa shape index (κ1) is 11.6. The fourth-order valence-electron chi connectivity index (χ4n) is 1.37. The van der Waals surface area contributed by atoms with Crippen LogP contribution in [0.3, 0.4) is 0 Å². The van der Waals surface area contributed by atoms with Crippen molar-refractivity contribution in [1.82, 2.24) is 4.98 Å². The minimum absolute atomic E-state index is 0.469. The molecule has 0 spiro atoms. The summed E-state index contributed by atoms with van der Waals surface area (Å²) in [4.78, 5) is 4.21. The van der Waals surface area contributed by atoms with Gasteiger partial charge in [0.15, 0.2) is 5.69 Å². The third kappa shape index (κ3) is 2.83. The first-order chi connectivity index (χ1) is 8.33. The standard InChI is InChI=1S/C13H12N2OS/c1-2-7-16-12-5-3-10(4-6-12)13-15-11(8-14)9-17-13/h3-6,9H,2,7H2,1H3. The third-order valence-electron chi connectivity index (χ3n) is 2.19. The van der Waals surface area contributed by atoms with Gasteiger partial charge in [0, 0.05) is 10.9 Å². The second-order valence-electron chi connectivity index (χ2n) is 3.52. The highest BCUT2D eigenvalue weighted by Gasteiger charge is 2.04. The molecule has 0 aliphatic heterocycles. The Balaban J connectivity index is 2.15. The van der Waals surface area contributed by atoms with Crippen LogP contribution in [0, 0.1) is 11.3 Å². The molecule has 86 valence electrons. The lowest BCUT2D eigenvalue weighted by Gasteiger charge is -2.04. The van der Waals surface area contributed by atoms with Gasteiger partial charge in [0.25, 0.3) is 0 Å². The predicted octanol–water partition coefficient (Wildman–Crippen LogP) is 3.47. The number of ether oxygens (including phenoxy) is 1. The molecule has 0 aliphatic carbocycles. The van der Waals surface area contributed by atoms with Crippen LogP contribution in [0.2, 0.25) is 0 Å². The summed E-state index contributed by atoms with van der Waals surface area (Å²) in [6, 6.07) is 9.82. The predicted molar refractivity (Wildman–Crippen MR) is 68.1 cm³/mol. The number of nitrogens with zero attached hydrogens (tertiary/aromatic N) is 2. The van der Waals surface area contributed by atoms with E-state index >= 15 is 0 Å². The molecule has 0 fully saturated rings. The Bertz CT molecular complexity index is 525. The highest BCUT2D eigenvalue weighted by Crippen LogP contribution is 2.25. The summed E-state index contributed by atoms with van der Waals surface area (Å²) in [5.74, 6) is 0.868. The van der Waals surface area contributed by atoms with E-state index in [0.29, 0.717) is 5.69 Å². The topological polar surface area (TPSA) is 45.9 Å². The summed E-state index contributed by atoms with van der Waals surface area (Å²) < 4.78 is 5.50. The maximum atomic E-state index is 8.71. The van der Waals surface area contributed by atoms with Gasteiger partial charge in [-0.3, -0.25) is 0 Å². The van der Waals surface area contributed by atoms with Crippen molar-refractivity contribution in [3.8, 4) is 22.4 Å². The van der Waals surface area contributed by atoms with Gasteiger partial charge in [0.2, 0.25) is 0 Å². The average Bonchev–Trinajstić information content (AvgIpc) is 2.86. The maximum absolute atomic E-state index is 8.71. The first-order valence-electron chi connectivity index (χ1n) is 5.42. The van der Waals surface area contributed by atoms with Crippen LogP contribution in [0.25, 0.3) is 10.6 Å². The molecule has 0 saturated carbocycles. The van der Waals surface area contributed by atoms with Crippen LogP contribution in [0.5, 0.6) is 5.75 Å². The summed E-state index contributed by atoms with van der Waals surface area (Å²) in [5.41, 5.74) is 1.48. The number of thiazole rings is 1. The van der Waals surface area contributed by atoms with Crippen molar-refractivity contribution >= 4 is 11.3 Å². The summed E-state index contributed by atoms with van der Waals surface area (Å²) in [5, 5.41) is 11.3. The Morgan fingerprint density at radius 1 is 1.35 bits per heavy atom. The molecular weight excluding hydrogens is 232 g/mol. The van der Waals surface area contributed by atoms with Gasteiger partial charge in [-0.25, -0.2) is 4.98 Å². The zero-order chi connectivity index (χ0) is 12.1. The highest BCUT2D eigenvalue weighted by atomic mass is 32.1. The molecule has 2 aromatic rings. The van der Waals surface area contributed by atoms with Gasteiger partial charge in [-0.15, -0.1) is 11.3 Å². The van der Waals surface area contributed by atoms with Crippen molar-refractivity contribution in [3.63, 3.8) is 0 Å². The van der Waals surface area contributed by atoms with E-state index < -0.39 is 0 Å². The number of rotatable bonds is 4. The fourth-order valence-corrected chi connectivity index (χ4v) is 2.12. The molecular formula is C13H12N2OS. The molecule has 0 bridgehead atoms. The minimum Gasteiger partial charge on any atom is -0.494 e. The third-order valence-corrected chi connectivity index (χ3v) is 3.08. The molecule has 0 atom stereocenters. The molecule has 1 aromatic carbocycles. The lowest BCUT2D eigenvalue weighted by Crippen LogP contribution is -1.94. The molecule has 4 heteroatoms. The van der Waals surface area contributed by atoms with Crippen molar-refractivity contribution in [1.29, 1.82) is 5.26 Å². The van der Waals surface area contributed by atoms with Crippen molar-refractivity contribution < 1.29 is 4.74 Å². The maximum Gasteiger partial charge on any atom is 0.152 e. The van der Waals surface area contributed by atoms with Gasteiger partial charge in [0.05, 0.1) is 6.61 Å². The molecule has 0 radical (unpaired) electrons. The van der Waals surface area contributed by atoms with Crippen molar-refractivity contribution in [2.75, 3.05) is 6.61 Å². The summed E-state index contributed by atoms with van der Waals surface area (Å²) in [6.45, 7) is 2.81. The quantitative estimate of drug-likeness (QED) is 0.827. The summed E-state index contributed by atoms with van der Waals surface area (Å²) >= 11 is 1.48. The van der Waals surface area contributed by atoms with Gasteiger partial charge < -0.3 is 4.74 Å². The second-order valence-corrected chi connectivity index (χ2v) is 4.38. The van der Waals surface area contributed by atoms with E-state index in [9.17, 15) is 0 Å². The van der Waals surface area contributed by atoms with Gasteiger partial charge in [-0.2, -0.15) is 5.26 Å². The molecule has 3 nitrogen and oxygen atoms in total. The molecule has 1 aromatic heterocycles. The lowest BCUT2D eigenvalue weighted by molar-refractivity contribution is 0.317. The van der Waals surface area contributed by atoms with Crippen LogP contribution in [0.15, 0.2) is 29.6 Å². The molecule has 0 aliphatic rings. The smallest absolute Gasteiger partial charge is 0.152 e. The molecule has 2 rings (SSSR count). The van der Waals surface area contributed by atoms with E-state index in [4.69, 9.17) is 10.00 Å². The zero-order valence-electron chi connectivity index (χ0n) is 9.51. The van der Waals surface area contributed by atoms with E-state index in [1.54, 1.807) is 5.38 Å². The van der Waals surface area contributed by atoms with Gasteiger partial charge in [0.1, 0.15) is 16.8 Å². The average molecular weight is 244 g/mol. The number of nitriles is 1. The van der Waals surface area contributed by atoms with Crippen LogP contribution in [-0.4, -0.2) is 11.6 Å². The largest absolute Gasteiger partial charge is 0.494 e. The Labute approximate surface area is 104 Å². The van der Waals surface area contributed by atoms with Crippen LogP contribution >= 0.6 is 11.3 Å². The van der Waals surface area contributed by atoms with Crippen LogP contribution in [0.4, 0.5) is 0 Å². The number of aromatic nitrogens is 1. The molecule has 17 heavy (non-hydrogen) atoms. The lowest BCUT2D eigenvalue weighted by atomic mass is 10.2. The molecule has 1 heterocycles. The second kappa shape index (κ2) is 5.46. The van der Waals surface area contributed by atoms with E-state index in [1.807, 2.05) is 30.3 Å². The Morgan fingerprint density at radius 2 is 2.12 bits per heavy atom. The number of hydrogen-bond donors (Lipinski definition) is 0. The van der Waals surface area contributed by atoms with Crippen LogP contribution in [0.1, 0.15) is 19.0 Å². The van der Waals surface area contributed by atoms with E-state index in [-0.39, 0.29) is 0 Å². The van der Waals surface area contributed by atoms with Gasteiger partial charge >= 0.3 is 0 Å². The normalized spacial score (nSPS) is 9.88. The van der Waals surface area contributed by atoms with Gasteiger partial charge in [-0.1, -0.05) is 6.92 Å². The number of benzene rings is 1. The Kier molecular flexibility index (Phi) is 3.73. The van der Waals surface area contributed by atoms with Crippen molar-refractivity contribution in [2.45, 2.75) is 13.3 Å². The minimum atomic E-state index is 0.469. The SMILES string of the molecule is CCCOc1ccc(-c2nc(C#N)cs2)cc1. The summed E-state index contributed by atoms with van der Waals surface area (Å²) in [6.07, 6.45) is 1.000. The molecule has 0 N–H and O–H groups in total. The van der Waals surface area contributed by atoms with Gasteiger partial charge in [-0.05, 0) is 30.7 Å². The highest BCUT2D eigenvalue weighted by molar-refractivity contribution is 7.13. The molecule has 0 unspecified atom stereocenters. The molecule has 0 amide bonds. The molecule has 0 saturated heterocycles. The first-order valence-corrected chi connectivity index (χ1v) is 6.30. The van der Waals surface area contributed by atoms with Crippen molar-refractivity contribution in [2.24, 2.45) is 0 Å². The zero-order valence-corrected chi connectivity index (χ0v) is 10.3. The Hall–Kier alpha value is -1.86. The van der Waals surface area contributed by atoms with Crippen LogP contribution < -0.4 is 4.74 Å². The summed E-state index contributed by atoms with van der Waals surface area (Å²) in [7, 11) is 0. The van der Waals surface area contributed by atoms with Crippen LogP contribution in [-0.2, 0) is 0 Å². The monoisotopic (exact) mass is 244 g/mol. The van der Waals surface area contributed by atoms with E-state index in [1.165, 1.54) is 11.3 Å². The van der Waals surface area contributed by atoms with Crippen molar-refractivity contribution in [3.05, 3.63) is 35.3 Å². The number of hydrogen-bond acceptors (Lipinski definition) is 4. The van der Waals surface area contributed by atoms with E-state index in [0.717, 1.165) is 29.3 Å². The Morgan fingerprint density at radius 3 is 2.71 bits per heavy atom. The van der Waals surface area contributed by atoms with E-state index in [2.05, 4.69) is 11.9 Å².